The largest absolute Gasteiger partial charge is 0.299 e. The Labute approximate surface area is 156 Å². The van der Waals surface area contributed by atoms with E-state index in [4.69, 9.17) is 0 Å². The number of ketones is 2. The van der Waals surface area contributed by atoms with Crippen LogP contribution in [-0.4, -0.2) is 11.6 Å². The number of hydrogen-bond donors (Lipinski definition) is 0. The van der Waals surface area contributed by atoms with Crippen molar-refractivity contribution >= 4 is 11.6 Å². The minimum absolute atomic E-state index is 0.0231. The van der Waals surface area contributed by atoms with Gasteiger partial charge in [-0.3, -0.25) is 9.59 Å². The molecular weight excluding hydrogens is 322 g/mol. The normalized spacial score (nSPS) is 47.6. The van der Waals surface area contributed by atoms with Crippen LogP contribution in [0.3, 0.4) is 0 Å². The zero-order chi connectivity index (χ0) is 17.8. The number of carbonyl (C=O) groups is 2. The summed E-state index contributed by atoms with van der Waals surface area (Å²) < 4.78 is 0. The summed E-state index contributed by atoms with van der Waals surface area (Å²) in [7, 11) is 0. The highest BCUT2D eigenvalue weighted by Gasteiger charge is 2.55. The monoisotopic (exact) mass is 351 g/mol. The first kappa shape index (κ1) is 16.7. The molecule has 3 nitrogen and oxygen atoms in total. The van der Waals surface area contributed by atoms with E-state index < -0.39 is 0 Å². The molecule has 0 aliphatic heterocycles. The Kier molecular flexibility index (Phi) is 4.07. The average Bonchev–Trinajstić information content (AvgIpc) is 2.66. The van der Waals surface area contributed by atoms with Crippen molar-refractivity contribution in [3.63, 3.8) is 0 Å². The molecule has 0 aromatic carbocycles. The summed E-state index contributed by atoms with van der Waals surface area (Å²) in [5.74, 6) is 4.62. The number of allylic oxidation sites excluding steroid dienone is 2. The first-order valence-corrected chi connectivity index (χ1v) is 10.8. The maximum Gasteiger partial charge on any atom is 0.173 e. The van der Waals surface area contributed by atoms with Crippen LogP contribution in [0.5, 0.6) is 0 Å². The summed E-state index contributed by atoms with van der Waals surface area (Å²) >= 11 is 0. The fourth-order valence-electron chi connectivity index (χ4n) is 7.80. The van der Waals surface area contributed by atoms with Gasteiger partial charge in [0.15, 0.2) is 5.78 Å². The molecule has 3 heteroatoms. The van der Waals surface area contributed by atoms with E-state index in [0.29, 0.717) is 59.7 Å². The smallest absolute Gasteiger partial charge is 0.173 e. The van der Waals surface area contributed by atoms with Crippen molar-refractivity contribution in [3.05, 3.63) is 11.6 Å². The number of carbonyl (C=O) groups excluding carboxylic acids is 2. The van der Waals surface area contributed by atoms with E-state index in [2.05, 4.69) is 6.07 Å². The minimum atomic E-state index is 0.0231. The van der Waals surface area contributed by atoms with Crippen LogP contribution in [-0.2, 0) is 9.59 Å². The van der Waals surface area contributed by atoms with Gasteiger partial charge in [-0.15, -0.1) is 0 Å². The van der Waals surface area contributed by atoms with Crippen molar-refractivity contribution in [1.82, 2.24) is 0 Å². The predicted molar refractivity (Wildman–Crippen MR) is 97.8 cm³/mol. The van der Waals surface area contributed by atoms with E-state index in [1.54, 1.807) is 0 Å². The Balaban J connectivity index is 1.45. The molecule has 26 heavy (non-hydrogen) atoms. The molecule has 8 unspecified atom stereocenters. The van der Waals surface area contributed by atoms with E-state index in [0.717, 1.165) is 12.3 Å². The second-order valence-electron chi connectivity index (χ2n) is 9.71. The molecule has 0 saturated heterocycles. The van der Waals surface area contributed by atoms with Crippen LogP contribution in [0, 0.1) is 58.7 Å². The molecule has 0 spiro atoms. The van der Waals surface area contributed by atoms with Crippen molar-refractivity contribution in [2.24, 2.45) is 47.3 Å². The van der Waals surface area contributed by atoms with E-state index in [1.165, 1.54) is 44.9 Å². The Morgan fingerprint density at radius 1 is 0.808 bits per heavy atom. The molecule has 8 atom stereocenters. The van der Waals surface area contributed by atoms with Crippen LogP contribution in [0.25, 0.3) is 0 Å². The third kappa shape index (κ3) is 2.44. The highest BCUT2D eigenvalue weighted by atomic mass is 16.1. The van der Waals surface area contributed by atoms with E-state index in [-0.39, 0.29) is 11.7 Å². The van der Waals surface area contributed by atoms with Crippen LogP contribution in [0.2, 0.25) is 0 Å². The molecule has 4 fully saturated rings. The van der Waals surface area contributed by atoms with Gasteiger partial charge in [0.2, 0.25) is 0 Å². The molecule has 0 N–H and O–H groups in total. The maximum atomic E-state index is 13.3. The third-order valence-corrected chi connectivity index (χ3v) is 8.81. The molecule has 138 valence electrons. The molecule has 0 heterocycles. The standard InChI is InChI=1S/C23H29NO2/c24-12-15-9-19-14(10-21(15)25)6-7-17-18-8-5-13-3-1-2-4-16(13)23(18)22(26)11-20(17)19/h9,13-14,16-20,23H,1-8,10-11H2. The molecule has 5 aliphatic rings. The quantitative estimate of drug-likeness (QED) is 0.647. The van der Waals surface area contributed by atoms with Crippen LogP contribution in [0.1, 0.15) is 64.2 Å². The van der Waals surface area contributed by atoms with Crippen LogP contribution >= 0.6 is 0 Å². The fraction of sp³-hybridized carbons (Fsp3) is 0.783. The van der Waals surface area contributed by atoms with Gasteiger partial charge in [0.05, 0.1) is 5.57 Å². The second-order valence-corrected chi connectivity index (χ2v) is 9.71. The van der Waals surface area contributed by atoms with Gasteiger partial charge >= 0.3 is 0 Å². The minimum Gasteiger partial charge on any atom is -0.299 e. The lowest BCUT2D eigenvalue weighted by Gasteiger charge is -2.56. The van der Waals surface area contributed by atoms with Crippen molar-refractivity contribution < 1.29 is 9.59 Å². The summed E-state index contributed by atoms with van der Waals surface area (Å²) in [4.78, 5) is 25.4. The topological polar surface area (TPSA) is 57.9 Å². The van der Waals surface area contributed by atoms with Crippen molar-refractivity contribution in [3.8, 4) is 6.07 Å². The third-order valence-electron chi connectivity index (χ3n) is 8.81. The van der Waals surface area contributed by atoms with E-state index >= 15 is 0 Å². The summed E-state index contributed by atoms with van der Waals surface area (Å²) in [5, 5.41) is 9.31. The molecule has 0 amide bonds. The Bertz CT molecular complexity index is 701. The fourth-order valence-corrected chi connectivity index (χ4v) is 7.80. The van der Waals surface area contributed by atoms with Crippen LogP contribution < -0.4 is 0 Å². The van der Waals surface area contributed by atoms with Crippen LogP contribution in [0.4, 0.5) is 0 Å². The number of Topliss-reactive ketones (excluding diaryl/α,β-unsaturated/α-hetero) is 2. The molecule has 0 aromatic heterocycles. The van der Waals surface area contributed by atoms with Gasteiger partial charge in [-0.05, 0) is 73.5 Å². The molecule has 5 aliphatic carbocycles. The molecule has 4 saturated carbocycles. The van der Waals surface area contributed by atoms with Gasteiger partial charge in [-0.25, -0.2) is 0 Å². The zero-order valence-corrected chi connectivity index (χ0v) is 15.5. The van der Waals surface area contributed by atoms with Gasteiger partial charge < -0.3 is 0 Å². The lowest BCUT2D eigenvalue weighted by molar-refractivity contribution is -0.145. The summed E-state index contributed by atoms with van der Waals surface area (Å²) in [6, 6.07) is 2.11. The SMILES string of the molecule is N#CC1=CC2C(CCC3C2CC(=O)C2C4CCCCC4CCC32)CC1=O. The average molecular weight is 351 g/mol. The van der Waals surface area contributed by atoms with Gasteiger partial charge in [-0.2, -0.15) is 5.26 Å². The maximum absolute atomic E-state index is 13.3. The number of hydrogen-bond acceptors (Lipinski definition) is 3. The summed E-state index contributed by atoms with van der Waals surface area (Å²) in [5.41, 5.74) is 0.359. The molecule has 0 bridgehead atoms. The lowest BCUT2D eigenvalue weighted by atomic mass is 9.48. The first-order chi connectivity index (χ1) is 12.7. The van der Waals surface area contributed by atoms with Crippen molar-refractivity contribution in [2.75, 3.05) is 0 Å². The Morgan fingerprint density at radius 2 is 1.58 bits per heavy atom. The second kappa shape index (κ2) is 6.32. The number of nitriles is 1. The summed E-state index contributed by atoms with van der Waals surface area (Å²) in [6.07, 6.45) is 13.4. The number of rotatable bonds is 0. The Morgan fingerprint density at radius 3 is 2.42 bits per heavy atom. The highest BCUT2D eigenvalue weighted by Crippen LogP contribution is 2.58. The number of nitrogens with zero attached hydrogens (tertiary/aromatic N) is 1. The predicted octanol–water partition coefficient (Wildman–Crippen LogP) is 4.47. The van der Waals surface area contributed by atoms with Gasteiger partial charge in [0, 0.05) is 18.8 Å². The van der Waals surface area contributed by atoms with Crippen LogP contribution in [0.15, 0.2) is 11.6 Å². The van der Waals surface area contributed by atoms with E-state index in [1.807, 2.05) is 6.08 Å². The van der Waals surface area contributed by atoms with Crippen molar-refractivity contribution in [2.45, 2.75) is 64.2 Å². The highest BCUT2D eigenvalue weighted by molar-refractivity contribution is 6.00. The summed E-state index contributed by atoms with van der Waals surface area (Å²) in [6.45, 7) is 0. The van der Waals surface area contributed by atoms with Crippen molar-refractivity contribution in [1.29, 1.82) is 5.26 Å². The molecule has 0 radical (unpaired) electrons. The number of fused-ring (bicyclic) bond motifs is 7. The Hall–Kier alpha value is -1.43. The van der Waals surface area contributed by atoms with Gasteiger partial charge in [0.1, 0.15) is 11.9 Å². The lowest BCUT2D eigenvalue weighted by Crippen LogP contribution is -2.53. The molecule has 0 aromatic rings. The first-order valence-electron chi connectivity index (χ1n) is 10.8. The van der Waals surface area contributed by atoms with E-state index in [9.17, 15) is 14.9 Å². The molecule has 5 rings (SSSR count). The zero-order valence-electron chi connectivity index (χ0n) is 15.5. The van der Waals surface area contributed by atoms with Gasteiger partial charge in [-0.1, -0.05) is 25.3 Å². The van der Waals surface area contributed by atoms with Gasteiger partial charge in [0.25, 0.3) is 0 Å². The molecular formula is C23H29NO2.